The van der Waals surface area contributed by atoms with Gasteiger partial charge >= 0.3 is 0 Å². The lowest BCUT2D eigenvalue weighted by atomic mass is 10.1. The van der Waals surface area contributed by atoms with Crippen molar-refractivity contribution in [2.24, 2.45) is 5.73 Å². The molecule has 0 bridgehead atoms. The van der Waals surface area contributed by atoms with Crippen molar-refractivity contribution >= 4 is 22.7 Å². The predicted octanol–water partition coefficient (Wildman–Crippen LogP) is 2.83. The molecule has 10 heteroatoms. The van der Waals surface area contributed by atoms with E-state index in [9.17, 15) is 19.8 Å². The zero-order valence-electron chi connectivity index (χ0n) is 24.0. The Bertz CT molecular complexity index is 1190. The molecule has 220 valence electrons. The molecule has 0 spiro atoms. The lowest BCUT2D eigenvalue weighted by Crippen LogP contribution is -2.35. The molecule has 1 amide bonds. The van der Waals surface area contributed by atoms with Crippen LogP contribution in [0.15, 0.2) is 52.9 Å². The van der Waals surface area contributed by atoms with E-state index in [2.05, 4.69) is 10.6 Å². The maximum absolute atomic E-state index is 11.4. The molecule has 40 heavy (non-hydrogen) atoms. The summed E-state index contributed by atoms with van der Waals surface area (Å²) in [5.41, 5.74) is 6.49. The number of para-hydroxylation sites is 1. The molecule has 6 N–H and O–H groups in total. The van der Waals surface area contributed by atoms with Crippen molar-refractivity contribution in [3.63, 3.8) is 0 Å². The van der Waals surface area contributed by atoms with Gasteiger partial charge in [0.25, 0.3) is 0 Å². The molecule has 2 unspecified atom stereocenters. The number of nitrogens with one attached hydrogen (secondary N) is 2. The summed E-state index contributed by atoms with van der Waals surface area (Å²) in [7, 11) is 0. The number of primary amides is 1. The number of amides is 1. The minimum atomic E-state index is -0.607. The molecule has 0 radical (unpaired) electrons. The van der Waals surface area contributed by atoms with Gasteiger partial charge in [-0.1, -0.05) is 52.0 Å². The number of Topliss-reactive ketones (excluding diaryl/α,β-unsaturated/α-hetero) is 1. The third-order valence-corrected chi connectivity index (χ3v) is 5.55. The van der Waals surface area contributed by atoms with Crippen LogP contribution in [-0.2, 0) is 11.2 Å². The summed E-state index contributed by atoms with van der Waals surface area (Å²) >= 11 is 0. The Hall–Kier alpha value is -3.44. The summed E-state index contributed by atoms with van der Waals surface area (Å²) < 4.78 is 16.6. The first-order valence-electron chi connectivity index (χ1n) is 13.4. The highest BCUT2D eigenvalue weighted by molar-refractivity contribution is 5.97. The molecule has 3 rings (SSSR count). The van der Waals surface area contributed by atoms with Gasteiger partial charge in [-0.05, 0) is 29.8 Å². The maximum atomic E-state index is 11.4. The first-order valence-corrected chi connectivity index (χ1v) is 13.4. The second kappa shape index (κ2) is 16.6. The van der Waals surface area contributed by atoms with E-state index >= 15 is 0 Å². The van der Waals surface area contributed by atoms with Gasteiger partial charge < -0.3 is 40.5 Å². The quantitative estimate of drug-likeness (QED) is 0.177. The van der Waals surface area contributed by atoms with Crippen LogP contribution in [0.1, 0.15) is 50.7 Å². The van der Waals surface area contributed by atoms with Crippen LogP contribution in [0.3, 0.4) is 0 Å². The Morgan fingerprint density at radius 3 is 2.00 bits per heavy atom. The molecule has 0 aliphatic rings. The molecule has 2 aromatic carbocycles. The molecular formula is C30H43N3O7. The van der Waals surface area contributed by atoms with Gasteiger partial charge in [0.05, 0.1) is 6.42 Å². The number of ketones is 1. The molecule has 0 saturated carbocycles. The van der Waals surface area contributed by atoms with Gasteiger partial charge in [0.15, 0.2) is 22.9 Å². The highest BCUT2D eigenvalue weighted by Crippen LogP contribution is 2.29. The summed E-state index contributed by atoms with van der Waals surface area (Å²) in [4.78, 5) is 22.1. The van der Waals surface area contributed by atoms with E-state index in [4.69, 9.17) is 19.6 Å². The summed E-state index contributed by atoms with van der Waals surface area (Å²) in [6, 6.07) is 14.9. The van der Waals surface area contributed by atoms with Gasteiger partial charge in [-0.15, -0.1) is 0 Å². The zero-order chi connectivity index (χ0) is 29.7. The number of hydrogen-bond donors (Lipinski definition) is 5. The van der Waals surface area contributed by atoms with Gasteiger partial charge in [-0.2, -0.15) is 0 Å². The van der Waals surface area contributed by atoms with E-state index in [0.717, 1.165) is 10.9 Å². The summed E-state index contributed by atoms with van der Waals surface area (Å²) in [6.45, 7) is 10.9. The highest BCUT2D eigenvalue weighted by atomic mass is 16.5. The van der Waals surface area contributed by atoms with Crippen LogP contribution in [0, 0.1) is 0 Å². The predicted molar refractivity (Wildman–Crippen MR) is 155 cm³/mol. The second-order valence-electron chi connectivity index (χ2n) is 10.2. The number of aliphatic hydroxyl groups is 2. The lowest BCUT2D eigenvalue weighted by molar-refractivity contribution is -0.117. The van der Waals surface area contributed by atoms with Gasteiger partial charge in [-0.25, -0.2) is 0 Å². The fourth-order valence-corrected chi connectivity index (χ4v) is 3.47. The van der Waals surface area contributed by atoms with Crippen molar-refractivity contribution in [2.45, 2.75) is 65.3 Å². The Balaban J connectivity index is 0.000000282. The SMILES string of the molecule is CC(=O)c1cc2cccc(OCC(O)CNC(C)C)c2o1.CC(C)NCC(O)COc1ccc(CC(N)=O)cc1. The summed E-state index contributed by atoms with van der Waals surface area (Å²) in [6.07, 6.45) is -0.932. The monoisotopic (exact) mass is 557 g/mol. The molecule has 0 aliphatic carbocycles. The number of ether oxygens (including phenoxy) is 2. The standard InChI is InChI=1S/C16H21NO4.C14H22N2O3/c1-10(2)17-8-13(19)9-20-14-6-4-5-12-7-15(11(3)18)21-16(12)14;1-10(2)16-8-12(17)9-19-13-5-3-11(4-6-13)7-14(15)18/h4-7,10,13,17,19H,8-9H2,1-3H3;3-6,10,12,16-17H,7-9H2,1-2H3,(H2,15,18). The van der Waals surface area contributed by atoms with E-state index in [1.807, 2.05) is 39.8 Å². The van der Waals surface area contributed by atoms with Gasteiger partial charge in [0.2, 0.25) is 5.91 Å². The van der Waals surface area contributed by atoms with Crippen LogP contribution >= 0.6 is 0 Å². The zero-order valence-corrected chi connectivity index (χ0v) is 24.0. The van der Waals surface area contributed by atoms with Crippen LogP contribution in [0.5, 0.6) is 11.5 Å². The first kappa shape index (κ1) is 32.8. The number of nitrogens with two attached hydrogens (primary N) is 1. The average molecular weight is 558 g/mol. The first-order chi connectivity index (χ1) is 18.9. The Morgan fingerprint density at radius 1 is 0.900 bits per heavy atom. The fourth-order valence-electron chi connectivity index (χ4n) is 3.47. The average Bonchev–Trinajstić information content (AvgIpc) is 3.35. The van der Waals surface area contributed by atoms with E-state index in [0.29, 0.717) is 48.0 Å². The van der Waals surface area contributed by atoms with E-state index in [-0.39, 0.29) is 31.3 Å². The Labute approximate surface area is 235 Å². The molecule has 2 atom stereocenters. The largest absolute Gasteiger partial charge is 0.491 e. The molecule has 1 heterocycles. The normalized spacial score (nSPS) is 12.6. The van der Waals surface area contributed by atoms with Crippen molar-refractivity contribution in [1.29, 1.82) is 0 Å². The molecule has 3 aromatic rings. The number of furan rings is 1. The molecule has 0 fully saturated rings. The Morgan fingerprint density at radius 2 is 1.48 bits per heavy atom. The van der Waals surface area contributed by atoms with E-state index < -0.39 is 12.2 Å². The fraction of sp³-hybridized carbons (Fsp3) is 0.467. The molecule has 1 aromatic heterocycles. The molecule has 10 nitrogen and oxygen atoms in total. The number of rotatable bonds is 15. The van der Waals surface area contributed by atoms with Crippen molar-refractivity contribution in [2.75, 3.05) is 26.3 Å². The Kier molecular flexibility index (Phi) is 13.6. The van der Waals surface area contributed by atoms with Crippen LogP contribution in [0.4, 0.5) is 0 Å². The van der Waals surface area contributed by atoms with Crippen molar-refractivity contribution in [3.8, 4) is 11.5 Å². The third-order valence-electron chi connectivity index (χ3n) is 5.55. The van der Waals surface area contributed by atoms with Gasteiger partial charge in [0.1, 0.15) is 31.2 Å². The highest BCUT2D eigenvalue weighted by Gasteiger charge is 2.13. The van der Waals surface area contributed by atoms with Crippen molar-refractivity contribution in [1.82, 2.24) is 10.6 Å². The van der Waals surface area contributed by atoms with Gasteiger partial charge in [0, 0.05) is 37.5 Å². The van der Waals surface area contributed by atoms with Crippen molar-refractivity contribution in [3.05, 3.63) is 59.9 Å². The van der Waals surface area contributed by atoms with Crippen LogP contribution in [0.2, 0.25) is 0 Å². The second-order valence-corrected chi connectivity index (χ2v) is 10.2. The molecule has 0 saturated heterocycles. The third kappa shape index (κ3) is 12.2. The van der Waals surface area contributed by atoms with Crippen molar-refractivity contribution < 1.29 is 33.7 Å². The summed E-state index contributed by atoms with van der Waals surface area (Å²) in [5.74, 6) is 1.02. The topological polar surface area (TPSA) is 156 Å². The minimum Gasteiger partial charge on any atom is -0.491 e. The van der Waals surface area contributed by atoms with Crippen LogP contribution in [-0.4, -0.2) is 72.5 Å². The molecule has 0 aliphatic heterocycles. The maximum Gasteiger partial charge on any atom is 0.221 e. The van der Waals surface area contributed by atoms with Crippen LogP contribution < -0.4 is 25.8 Å². The van der Waals surface area contributed by atoms with Crippen LogP contribution in [0.25, 0.3) is 11.0 Å². The van der Waals surface area contributed by atoms with E-state index in [1.54, 1.807) is 36.4 Å². The number of carbonyl (C=O) groups is 2. The number of carbonyl (C=O) groups excluding carboxylic acids is 2. The number of hydrogen-bond acceptors (Lipinski definition) is 9. The number of aliphatic hydroxyl groups excluding tert-OH is 2. The number of benzene rings is 2. The lowest BCUT2D eigenvalue weighted by Gasteiger charge is -2.15. The summed E-state index contributed by atoms with van der Waals surface area (Å²) in [5, 5.41) is 26.6. The molecular weight excluding hydrogens is 514 g/mol. The van der Waals surface area contributed by atoms with Gasteiger partial charge in [-0.3, -0.25) is 9.59 Å². The number of fused-ring (bicyclic) bond motifs is 1. The van der Waals surface area contributed by atoms with E-state index in [1.165, 1.54) is 6.92 Å². The smallest absolute Gasteiger partial charge is 0.221 e. The minimum absolute atomic E-state index is 0.127.